The van der Waals surface area contributed by atoms with Gasteiger partial charge in [-0.05, 0) is 25.5 Å². The van der Waals surface area contributed by atoms with Crippen molar-refractivity contribution in [1.82, 2.24) is 5.32 Å². The molecular weight excluding hydrogens is 522 g/mol. The van der Waals surface area contributed by atoms with Crippen LogP contribution in [0, 0.1) is 6.92 Å². The van der Waals surface area contributed by atoms with Gasteiger partial charge in [0.1, 0.15) is 42.4 Å². The van der Waals surface area contributed by atoms with Crippen LogP contribution in [-0.4, -0.2) is 121 Å². The highest BCUT2D eigenvalue weighted by Gasteiger charge is 2.56. The number of benzene rings is 1. The number of nitrogens with one attached hydrogen (secondary N) is 1. The summed E-state index contributed by atoms with van der Waals surface area (Å²) in [5.74, 6) is -4.61. The lowest BCUT2D eigenvalue weighted by Gasteiger charge is -2.47. The van der Waals surface area contributed by atoms with Gasteiger partial charge in [0.05, 0.1) is 24.9 Å². The van der Waals surface area contributed by atoms with Gasteiger partial charge >= 0.3 is 5.97 Å². The Morgan fingerprint density at radius 1 is 1.10 bits per heavy atom. The summed E-state index contributed by atoms with van der Waals surface area (Å²) in [6, 6.07) is 5.41. The van der Waals surface area contributed by atoms with Gasteiger partial charge in [-0.2, -0.15) is 0 Å². The fraction of sp³-hybridized carbons (Fsp3) is 0.680. The largest absolute Gasteiger partial charge is 0.477 e. The quantitative estimate of drug-likeness (QED) is 0.152. The average molecular weight is 560 g/mol. The summed E-state index contributed by atoms with van der Waals surface area (Å²) >= 11 is 0. The van der Waals surface area contributed by atoms with Crippen molar-refractivity contribution in [2.75, 3.05) is 6.61 Å². The minimum atomic E-state index is -2.61. The van der Waals surface area contributed by atoms with E-state index in [-0.39, 0.29) is 6.42 Å². The first kappa shape index (κ1) is 31.1. The molecule has 2 aliphatic heterocycles. The number of aliphatic hydroxyl groups excluding tert-OH is 6. The molecule has 11 atom stereocenters. The number of carboxylic acids is 1. The number of carboxylic acid groups (broad SMARTS) is 1. The predicted molar refractivity (Wildman–Crippen MR) is 130 cm³/mol. The van der Waals surface area contributed by atoms with Crippen molar-refractivity contribution in [2.24, 2.45) is 0 Å². The molecule has 220 valence electrons. The van der Waals surface area contributed by atoms with Gasteiger partial charge in [-0.15, -0.1) is 0 Å². The lowest BCUT2D eigenvalue weighted by molar-refractivity contribution is -0.331. The molecule has 0 aliphatic carbocycles. The van der Waals surface area contributed by atoms with Crippen LogP contribution >= 0.6 is 0 Å². The van der Waals surface area contributed by atoms with Gasteiger partial charge in [0.25, 0.3) is 5.79 Å². The van der Waals surface area contributed by atoms with E-state index >= 15 is 0 Å². The second-order valence-electron chi connectivity index (χ2n) is 9.86. The fourth-order valence-electron chi connectivity index (χ4n) is 4.53. The Bertz CT molecular complexity index is 977. The van der Waals surface area contributed by atoms with Crippen molar-refractivity contribution in [2.45, 2.75) is 101 Å². The number of aryl methyl sites for hydroxylation is 1. The van der Waals surface area contributed by atoms with Crippen molar-refractivity contribution < 1.29 is 64.3 Å². The molecule has 0 aromatic heterocycles. The molecule has 2 aliphatic rings. The maximum absolute atomic E-state index is 12.4. The third-order valence-electron chi connectivity index (χ3n) is 6.84. The smallest absolute Gasteiger partial charge is 0.364 e. The molecule has 0 saturated carbocycles. The predicted octanol–water partition coefficient (Wildman–Crippen LogP) is -2.23. The summed E-state index contributed by atoms with van der Waals surface area (Å²) in [5.41, 5.74) is 0.943. The number of ether oxygens (including phenoxy) is 4. The van der Waals surface area contributed by atoms with Crippen LogP contribution in [0.15, 0.2) is 24.3 Å². The fourth-order valence-corrected chi connectivity index (χ4v) is 4.53. The van der Waals surface area contributed by atoms with Gasteiger partial charge in [-0.25, -0.2) is 4.79 Å². The summed E-state index contributed by atoms with van der Waals surface area (Å²) < 4.78 is 22.4. The van der Waals surface area contributed by atoms with Gasteiger partial charge < -0.3 is 60.0 Å². The first-order valence-electron chi connectivity index (χ1n) is 12.6. The van der Waals surface area contributed by atoms with Crippen molar-refractivity contribution >= 4 is 11.9 Å². The Hall–Kier alpha value is -2.40. The molecule has 3 unspecified atom stereocenters. The number of hydrogen-bond acceptors (Lipinski definition) is 12. The Labute approximate surface area is 224 Å². The van der Waals surface area contributed by atoms with Crippen LogP contribution in [0.1, 0.15) is 32.3 Å². The first-order chi connectivity index (χ1) is 18.3. The number of hydrogen-bond donors (Lipinski definition) is 8. The number of carbonyl (C=O) groups excluding carboxylic acids is 1. The average Bonchev–Trinajstić information content (AvgIpc) is 2.89. The normalized spacial score (nSPS) is 36.5. The molecule has 1 aromatic rings. The lowest BCUT2D eigenvalue weighted by Crippen LogP contribution is -2.68. The van der Waals surface area contributed by atoms with Crippen LogP contribution in [0.3, 0.4) is 0 Å². The third-order valence-corrected chi connectivity index (χ3v) is 6.84. The molecule has 0 radical (unpaired) electrons. The molecule has 14 heteroatoms. The summed E-state index contributed by atoms with van der Waals surface area (Å²) in [5, 5.41) is 75.2. The van der Waals surface area contributed by atoms with Gasteiger partial charge in [-0.3, -0.25) is 4.79 Å². The molecule has 2 saturated heterocycles. The molecule has 0 spiro atoms. The molecule has 2 heterocycles. The van der Waals surface area contributed by atoms with E-state index in [4.69, 9.17) is 18.9 Å². The first-order valence-corrected chi connectivity index (χ1v) is 12.6. The molecule has 14 nitrogen and oxygen atoms in total. The number of aliphatic hydroxyl groups is 6. The Morgan fingerprint density at radius 2 is 1.74 bits per heavy atom. The number of amides is 1. The molecular formula is C25H37NO13. The SMILES string of the molecule is CC[C@@H](O)[C@@H](O)C1O[C@@](OCC2O[C@@H](Oc3ccc(C)cc3)C(O)[C@@H](O)[C@H]2O)(C(=O)O)C[C@@H](O)[C@H]1NC(C)=O. The maximum Gasteiger partial charge on any atom is 0.364 e. The van der Waals surface area contributed by atoms with Crippen molar-refractivity contribution in [3.05, 3.63) is 29.8 Å². The minimum absolute atomic E-state index is 0.0511. The van der Waals surface area contributed by atoms with Gasteiger partial charge in [0.15, 0.2) is 0 Å². The molecule has 0 bridgehead atoms. The molecule has 39 heavy (non-hydrogen) atoms. The zero-order valence-electron chi connectivity index (χ0n) is 21.8. The van der Waals surface area contributed by atoms with Crippen LogP contribution < -0.4 is 10.1 Å². The zero-order chi connectivity index (χ0) is 29.1. The van der Waals surface area contributed by atoms with Crippen molar-refractivity contribution in [3.8, 4) is 5.75 Å². The van der Waals surface area contributed by atoms with Gasteiger partial charge in [0, 0.05) is 13.3 Å². The van der Waals surface area contributed by atoms with E-state index in [9.17, 15) is 45.3 Å². The van der Waals surface area contributed by atoms with Gasteiger partial charge in [0.2, 0.25) is 12.2 Å². The minimum Gasteiger partial charge on any atom is -0.477 e. The van der Waals surface area contributed by atoms with Crippen LogP contribution in [0.4, 0.5) is 0 Å². The topological polar surface area (TPSA) is 225 Å². The highest BCUT2D eigenvalue weighted by atomic mass is 16.7. The van der Waals surface area contributed by atoms with Crippen LogP contribution in [0.2, 0.25) is 0 Å². The highest BCUT2D eigenvalue weighted by Crippen LogP contribution is 2.35. The second-order valence-corrected chi connectivity index (χ2v) is 9.86. The standard InChI is InChI=1S/C25H37NO13/c1-4-14(28)18(30)22-17(26-12(3)27)15(29)9-25(39-22,24(34)35)36-10-16-19(31)20(32)21(33)23(38-16)37-13-7-5-11(2)6-8-13/h5-8,14-23,28-33H,4,9-10H2,1-3H3,(H,26,27)(H,34,35)/t14-,15-,16?,17-,18-,19+,20+,21?,22?,23-,25-/m1/s1. The number of carbonyl (C=O) groups is 2. The zero-order valence-corrected chi connectivity index (χ0v) is 21.8. The molecule has 2 fully saturated rings. The summed E-state index contributed by atoms with van der Waals surface area (Å²) in [6.07, 6.45) is -15.0. The van der Waals surface area contributed by atoms with Crippen LogP contribution in [-0.2, 0) is 23.8 Å². The second kappa shape index (κ2) is 12.8. The van der Waals surface area contributed by atoms with E-state index in [1.165, 1.54) is 0 Å². The van der Waals surface area contributed by atoms with E-state index in [1.54, 1.807) is 31.2 Å². The highest BCUT2D eigenvalue weighted by molar-refractivity contribution is 5.76. The molecule has 1 aromatic carbocycles. The summed E-state index contributed by atoms with van der Waals surface area (Å²) in [7, 11) is 0. The summed E-state index contributed by atoms with van der Waals surface area (Å²) in [4.78, 5) is 24.0. The van der Waals surface area contributed by atoms with E-state index in [1.807, 2.05) is 6.92 Å². The monoisotopic (exact) mass is 559 g/mol. The van der Waals surface area contributed by atoms with Crippen molar-refractivity contribution in [3.63, 3.8) is 0 Å². The van der Waals surface area contributed by atoms with Crippen LogP contribution in [0.5, 0.6) is 5.75 Å². The third kappa shape index (κ3) is 7.03. The Balaban J connectivity index is 1.81. The number of rotatable bonds is 10. The van der Waals surface area contributed by atoms with E-state index in [0.717, 1.165) is 12.5 Å². The van der Waals surface area contributed by atoms with Crippen molar-refractivity contribution in [1.29, 1.82) is 0 Å². The summed E-state index contributed by atoms with van der Waals surface area (Å²) in [6.45, 7) is 3.84. The molecule has 8 N–H and O–H groups in total. The lowest BCUT2D eigenvalue weighted by atomic mass is 9.88. The molecule has 1 amide bonds. The van der Waals surface area contributed by atoms with Crippen LogP contribution in [0.25, 0.3) is 0 Å². The Morgan fingerprint density at radius 3 is 2.31 bits per heavy atom. The molecule has 3 rings (SSSR count). The van der Waals surface area contributed by atoms with E-state index < -0.39 is 91.9 Å². The van der Waals surface area contributed by atoms with E-state index in [2.05, 4.69) is 5.32 Å². The number of aliphatic carboxylic acids is 1. The maximum atomic E-state index is 12.4. The Kier molecular flexibility index (Phi) is 10.3. The van der Waals surface area contributed by atoms with Gasteiger partial charge in [-0.1, -0.05) is 24.6 Å². The van der Waals surface area contributed by atoms with E-state index in [0.29, 0.717) is 5.75 Å².